The predicted molar refractivity (Wildman–Crippen MR) is 119 cm³/mol. The number of hydrogen-bond acceptors (Lipinski definition) is 5. The third-order valence-electron chi connectivity index (χ3n) is 4.48. The number of hydrogen-bond donors (Lipinski definition) is 2. The van der Waals surface area contributed by atoms with Crippen LogP contribution in [0.2, 0.25) is 0 Å². The first-order valence-electron chi connectivity index (χ1n) is 9.95. The van der Waals surface area contributed by atoms with E-state index in [0.29, 0.717) is 23.9 Å². The van der Waals surface area contributed by atoms with Crippen LogP contribution >= 0.6 is 0 Å². The second kappa shape index (κ2) is 9.73. The summed E-state index contributed by atoms with van der Waals surface area (Å²) in [7, 11) is 0. The average molecular weight is 406 g/mol. The predicted octanol–water partition coefficient (Wildman–Crippen LogP) is 3.90. The molecule has 7 nitrogen and oxygen atoms in total. The van der Waals surface area contributed by atoms with Gasteiger partial charge in [0.2, 0.25) is 11.9 Å². The number of amides is 1. The molecule has 1 amide bonds. The van der Waals surface area contributed by atoms with E-state index in [1.807, 2.05) is 31.2 Å². The Balaban J connectivity index is 1.79. The number of aryl methyl sites for hydroxylation is 2. The second-order valence-electron chi connectivity index (χ2n) is 6.83. The van der Waals surface area contributed by atoms with Gasteiger partial charge in [0.05, 0.1) is 6.61 Å². The number of benzene rings is 2. The molecule has 0 aliphatic rings. The minimum absolute atomic E-state index is 0.158. The molecule has 0 unspecified atom stereocenters. The van der Waals surface area contributed by atoms with Crippen molar-refractivity contribution < 1.29 is 9.53 Å². The van der Waals surface area contributed by atoms with E-state index in [2.05, 4.69) is 22.5 Å². The number of aromatic nitrogens is 2. The first-order chi connectivity index (χ1) is 14.5. The molecule has 0 spiro atoms. The number of nitrogens with one attached hydrogen (secondary N) is 2. The van der Waals surface area contributed by atoms with Gasteiger partial charge in [-0.25, -0.2) is 4.98 Å². The number of nitrogens with zero attached hydrogens (tertiary/aromatic N) is 2. The zero-order chi connectivity index (χ0) is 21.5. The molecule has 7 heteroatoms. The van der Waals surface area contributed by atoms with Crippen LogP contribution in [-0.4, -0.2) is 22.1 Å². The van der Waals surface area contributed by atoms with Gasteiger partial charge in [-0.15, -0.1) is 0 Å². The normalized spacial score (nSPS) is 10.5. The SMILES string of the molecule is CCOc1ccc(NC(=O)Cn2c(Nc3cccc(CC)c3)nc(C)cc2=O)cc1. The van der Waals surface area contributed by atoms with E-state index in [4.69, 9.17) is 4.74 Å². The van der Waals surface area contributed by atoms with E-state index >= 15 is 0 Å². The topological polar surface area (TPSA) is 85.2 Å². The van der Waals surface area contributed by atoms with Crippen LogP contribution in [0.1, 0.15) is 25.1 Å². The van der Waals surface area contributed by atoms with Crippen LogP contribution in [0.3, 0.4) is 0 Å². The number of rotatable bonds is 8. The Morgan fingerprint density at radius 1 is 1.07 bits per heavy atom. The molecule has 0 aliphatic heterocycles. The van der Waals surface area contributed by atoms with Crippen LogP contribution in [0.25, 0.3) is 0 Å². The molecule has 0 aliphatic carbocycles. The molecular formula is C23H26N4O3. The summed E-state index contributed by atoms with van der Waals surface area (Å²) in [6, 6.07) is 16.4. The van der Waals surface area contributed by atoms with Crippen LogP contribution in [-0.2, 0) is 17.8 Å². The lowest BCUT2D eigenvalue weighted by molar-refractivity contribution is -0.116. The maximum atomic E-state index is 12.6. The molecule has 3 aromatic rings. The Hall–Kier alpha value is -3.61. The summed E-state index contributed by atoms with van der Waals surface area (Å²) in [5, 5.41) is 5.98. The fourth-order valence-electron chi connectivity index (χ4n) is 3.01. The molecule has 0 saturated heterocycles. The molecular weight excluding hydrogens is 380 g/mol. The van der Waals surface area contributed by atoms with Crippen molar-refractivity contribution in [2.24, 2.45) is 0 Å². The minimum atomic E-state index is -0.322. The van der Waals surface area contributed by atoms with E-state index in [1.54, 1.807) is 31.2 Å². The second-order valence-corrected chi connectivity index (χ2v) is 6.83. The summed E-state index contributed by atoms with van der Waals surface area (Å²) >= 11 is 0. The molecule has 0 atom stereocenters. The Morgan fingerprint density at radius 3 is 2.53 bits per heavy atom. The molecule has 2 N–H and O–H groups in total. The van der Waals surface area contributed by atoms with Crippen LogP contribution < -0.4 is 20.9 Å². The Bertz CT molecular complexity index is 1070. The molecule has 0 fully saturated rings. The van der Waals surface area contributed by atoms with E-state index in [0.717, 1.165) is 23.4 Å². The van der Waals surface area contributed by atoms with Crippen molar-refractivity contribution in [3.05, 3.63) is 76.2 Å². The maximum Gasteiger partial charge on any atom is 0.255 e. The number of ether oxygens (including phenoxy) is 1. The fraction of sp³-hybridized carbons (Fsp3) is 0.261. The van der Waals surface area contributed by atoms with Crippen molar-refractivity contribution in [1.29, 1.82) is 0 Å². The van der Waals surface area contributed by atoms with Crippen LogP contribution in [0, 0.1) is 6.92 Å². The highest BCUT2D eigenvalue weighted by atomic mass is 16.5. The Kier molecular flexibility index (Phi) is 6.85. The van der Waals surface area contributed by atoms with Gasteiger partial charge in [0.1, 0.15) is 12.3 Å². The lowest BCUT2D eigenvalue weighted by Gasteiger charge is -2.15. The summed E-state index contributed by atoms with van der Waals surface area (Å²) in [6.45, 7) is 6.15. The van der Waals surface area contributed by atoms with Crippen molar-refractivity contribution in [3.8, 4) is 5.75 Å². The van der Waals surface area contributed by atoms with Gasteiger partial charge in [0.25, 0.3) is 5.56 Å². The Morgan fingerprint density at radius 2 is 1.83 bits per heavy atom. The summed E-state index contributed by atoms with van der Waals surface area (Å²) in [5.41, 5.74) is 2.89. The summed E-state index contributed by atoms with van der Waals surface area (Å²) < 4.78 is 6.73. The zero-order valence-electron chi connectivity index (χ0n) is 17.4. The average Bonchev–Trinajstić information content (AvgIpc) is 2.72. The Labute approximate surface area is 175 Å². The van der Waals surface area contributed by atoms with E-state index in [-0.39, 0.29) is 18.0 Å². The van der Waals surface area contributed by atoms with Crippen LogP contribution in [0.15, 0.2) is 59.4 Å². The van der Waals surface area contributed by atoms with Crippen molar-refractivity contribution >= 4 is 23.2 Å². The van der Waals surface area contributed by atoms with Gasteiger partial charge >= 0.3 is 0 Å². The number of anilines is 3. The van der Waals surface area contributed by atoms with E-state index < -0.39 is 0 Å². The van der Waals surface area contributed by atoms with Crippen LogP contribution in [0.5, 0.6) is 5.75 Å². The minimum Gasteiger partial charge on any atom is -0.494 e. The third-order valence-corrected chi connectivity index (χ3v) is 4.48. The van der Waals surface area contributed by atoms with Crippen molar-refractivity contribution in [3.63, 3.8) is 0 Å². The highest BCUT2D eigenvalue weighted by Gasteiger charge is 2.12. The first-order valence-corrected chi connectivity index (χ1v) is 9.95. The van der Waals surface area contributed by atoms with Gasteiger partial charge in [-0.05, 0) is 62.2 Å². The monoisotopic (exact) mass is 406 g/mol. The lowest BCUT2D eigenvalue weighted by atomic mass is 10.1. The van der Waals surface area contributed by atoms with Crippen molar-refractivity contribution in [1.82, 2.24) is 9.55 Å². The van der Waals surface area contributed by atoms with Gasteiger partial charge in [-0.1, -0.05) is 19.1 Å². The van der Waals surface area contributed by atoms with Gasteiger partial charge in [-0.2, -0.15) is 0 Å². The van der Waals surface area contributed by atoms with Gasteiger partial charge in [0, 0.05) is 23.1 Å². The molecule has 0 radical (unpaired) electrons. The zero-order valence-corrected chi connectivity index (χ0v) is 17.4. The lowest BCUT2D eigenvalue weighted by Crippen LogP contribution is -2.30. The maximum absolute atomic E-state index is 12.6. The largest absolute Gasteiger partial charge is 0.494 e. The number of carbonyl (C=O) groups excluding carboxylic acids is 1. The van der Waals surface area contributed by atoms with Crippen molar-refractivity contribution in [2.75, 3.05) is 17.2 Å². The highest BCUT2D eigenvalue weighted by Crippen LogP contribution is 2.18. The standard InChI is InChI=1S/C23H26N4O3/c1-4-17-7-6-8-19(14-17)26-23-24-16(3)13-22(29)27(23)15-21(28)25-18-9-11-20(12-10-18)30-5-2/h6-14H,4-5,15H2,1-3H3,(H,24,26)(H,25,28). The van der Waals surface area contributed by atoms with Gasteiger partial charge in [-0.3, -0.25) is 14.2 Å². The van der Waals surface area contributed by atoms with Gasteiger partial charge in [0.15, 0.2) is 0 Å². The molecule has 1 aromatic heterocycles. The smallest absolute Gasteiger partial charge is 0.255 e. The van der Waals surface area contributed by atoms with Gasteiger partial charge < -0.3 is 15.4 Å². The molecule has 2 aromatic carbocycles. The third kappa shape index (κ3) is 5.47. The molecule has 30 heavy (non-hydrogen) atoms. The molecule has 0 saturated carbocycles. The molecule has 156 valence electrons. The molecule has 0 bridgehead atoms. The highest BCUT2D eigenvalue weighted by molar-refractivity contribution is 5.90. The van der Waals surface area contributed by atoms with Crippen molar-refractivity contribution in [2.45, 2.75) is 33.7 Å². The summed E-state index contributed by atoms with van der Waals surface area (Å²) in [5.74, 6) is 0.739. The first kappa shape index (κ1) is 21.1. The summed E-state index contributed by atoms with van der Waals surface area (Å²) in [4.78, 5) is 29.6. The fourth-order valence-corrected chi connectivity index (χ4v) is 3.01. The van der Waals surface area contributed by atoms with E-state index in [1.165, 1.54) is 10.6 Å². The molecule has 1 heterocycles. The number of carbonyl (C=O) groups is 1. The summed E-state index contributed by atoms with van der Waals surface area (Å²) in [6.07, 6.45) is 0.897. The van der Waals surface area contributed by atoms with E-state index in [9.17, 15) is 9.59 Å². The van der Waals surface area contributed by atoms with Crippen LogP contribution in [0.4, 0.5) is 17.3 Å². The quantitative estimate of drug-likeness (QED) is 0.593. The molecule has 3 rings (SSSR count).